The van der Waals surface area contributed by atoms with E-state index in [-0.39, 0.29) is 17.8 Å². The average Bonchev–Trinajstić information content (AvgIpc) is 3.08. The van der Waals surface area contributed by atoms with Crippen molar-refractivity contribution in [2.75, 3.05) is 13.1 Å². The molecule has 2 fully saturated rings. The normalized spacial score (nSPS) is 27.2. The standard InChI is InChI=1S/C24H36FNO3/c1-22(2,3)29-21(27)24(23(4,5)28)13-10-20(16-24)26-14-11-18(12-15-26)17-6-8-19(25)9-7-17/h6-9,18,20,28H,10-16H2,1-5H3/t20-,24?/m1/s1. The molecule has 1 saturated heterocycles. The van der Waals surface area contributed by atoms with E-state index in [1.807, 2.05) is 32.9 Å². The van der Waals surface area contributed by atoms with Gasteiger partial charge in [-0.3, -0.25) is 4.79 Å². The molecule has 1 aliphatic carbocycles. The lowest BCUT2D eigenvalue weighted by molar-refractivity contribution is -0.183. The monoisotopic (exact) mass is 405 g/mol. The van der Waals surface area contributed by atoms with Gasteiger partial charge < -0.3 is 14.7 Å². The van der Waals surface area contributed by atoms with Crippen molar-refractivity contribution in [3.05, 3.63) is 35.6 Å². The third kappa shape index (κ3) is 4.83. The van der Waals surface area contributed by atoms with Gasteiger partial charge in [-0.25, -0.2) is 4.39 Å². The number of halogens is 1. The predicted molar refractivity (Wildman–Crippen MR) is 112 cm³/mol. The lowest BCUT2D eigenvalue weighted by atomic mass is 9.72. The fraction of sp³-hybridized carbons (Fsp3) is 0.708. The Morgan fingerprint density at radius 1 is 1.10 bits per heavy atom. The summed E-state index contributed by atoms with van der Waals surface area (Å²) in [4.78, 5) is 15.6. The van der Waals surface area contributed by atoms with Crippen molar-refractivity contribution in [1.29, 1.82) is 0 Å². The maximum atomic E-state index is 13.2. The van der Waals surface area contributed by atoms with Gasteiger partial charge in [-0.2, -0.15) is 0 Å². The largest absolute Gasteiger partial charge is 0.459 e. The summed E-state index contributed by atoms with van der Waals surface area (Å²) in [6.45, 7) is 11.0. The van der Waals surface area contributed by atoms with Gasteiger partial charge in [0.2, 0.25) is 0 Å². The van der Waals surface area contributed by atoms with Crippen molar-refractivity contribution in [2.45, 2.75) is 89.9 Å². The van der Waals surface area contributed by atoms with E-state index in [1.165, 1.54) is 17.7 Å². The minimum Gasteiger partial charge on any atom is -0.459 e. The molecule has 1 heterocycles. The van der Waals surface area contributed by atoms with Crippen LogP contribution in [-0.2, 0) is 9.53 Å². The number of ether oxygens (including phenoxy) is 1. The highest BCUT2D eigenvalue weighted by Crippen LogP contribution is 2.50. The van der Waals surface area contributed by atoms with Crippen molar-refractivity contribution in [3.8, 4) is 0 Å². The van der Waals surface area contributed by atoms with Crippen LogP contribution in [0.3, 0.4) is 0 Å². The van der Waals surface area contributed by atoms with Gasteiger partial charge in [-0.1, -0.05) is 12.1 Å². The number of benzene rings is 1. The molecule has 5 heteroatoms. The zero-order valence-corrected chi connectivity index (χ0v) is 18.5. The summed E-state index contributed by atoms with van der Waals surface area (Å²) < 4.78 is 18.9. The highest BCUT2D eigenvalue weighted by atomic mass is 19.1. The van der Waals surface area contributed by atoms with Crippen LogP contribution in [0.2, 0.25) is 0 Å². The van der Waals surface area contributed by atoms with Crippen molar-refractivity contribution in [1.82, 2.24) is 4.90 Å². The Hall–Kier alpha value is -1.46. The lowest BCUT2D eigenvalue weighted by Crippen LogP contribution is -2.51. The van der Waals surface area contributed by atoms with Crippen LogP contribution in [-0.4, -0.2) is 46.3 Å². The van der Waals surface area contributed by atoms with Gasteiger partial charge in [0, 0.05) is 6.04 Å². The minimum atomic E-state index is -1.13. The molecule has 1 aliphatic heterocycles. The zero-order chi connectivity index (χ0) is 21.4. The second-order valence-corrected chi connectivity index (χ2v) is 10.4. The number of rotatable bonds is 4. The number of nitrogens with zero attached hydrogens (tertiary/aromatic N) is 1. The molecule has 0 radical (unpaired) electrons. The summed E-state index contributed by atoms with van der Waals surface area (Å²) in [6.07, 6.45) is 4.24. The third-order valence-electron chi connectivity index (χ3n) is 6.84. The first-order valence-electron chi connectivity index (χ1n) is 10.9. The number of esters is 1. The van der Waals surface area contributed by atoms with Crippen LogP contribution in [0.1, 0.15) is 78.2 Å². The number of likely N-dealkylation sites (tertiary alicyclic amines) is 1. The molecule has 1 aromatic carbocycles. The molecule has 1 unspecified atom stereocenters. The van der Waals surface area contributed by atoms with E-state index in [9.17, 15) is 14.3 Å². The van der Waals surface area contributed by atoms with Gasteiger partial charge in [0.05, 0.1) is 11.0 Å². The molecule has 1 saturated carbocycles. The van der Waals surface area contributed by atoms with Gasteiger partial charge in [0.1, 0.15) is 11.4 Å². The second-order valence-electron chi connectivity index (χ2n) is 10.4. The van der Waals surface area contributed by atoms with Crippen LogP contribution in [0.4, 0.5) is 4.39 Å². The smallest absolute Gasteiger partial charge is 0.315 e. The topological polar surface area (TPSA) is 49.8 Å². The number of hydrogen-bond donors (Lipinski definition) is 1. The fourth-order valence-corrected chi connectivity index (χ4v) is 5.03. The zero-order valence-electron chi connectivity index (χ0n) is 18.5. The molecule has 4 nitrogen and oxygen atoms in total. The average molecular weight is 406 g/mol. The van der Waals surface area contributed by atoms with Crippen LogP contribution < -0.4 is 0 Å². The first-order chi connectivity index (χ1) is 13.4. The Bertz CT molecular complexity index is 711. The SMILES string of the molecule is CC(C)(C)OC(=O)C1(C(C)(C)O)CC[C@@H](N2CCC(c3ccc(F)cc3)CC2)C1. The quantitative estimate of drug-likeness (QED) is 0.741. The molecule has 162 valence electrons. The maximum absolute atomic E-state index is 13.2. The van der Waals surface area contributed by atoms with E-state index in [2.05, 4.69) is 4.90 Å². The van der Waals surface area contributed by atoms with E-state index in [1.54, 1.807) is 13.8 Å². The van der Waals surface area contributed by atoms with Crippen molar-refractivity contribution < 1.29 is 19.0 Å². The lowest BCUT2D eigenvalue weighted by Gasteiger charge is -2.41. The van der Waals surface area contributed by atoms with Crippen LogP contribution in [0.25, 0.3) is 0 Å². The molecule has 2 atom stereocenters. The molecule has 3 rings (SSSR count). The van der Waals surface area contributed by atoms with Crippen LogP contribution >= 0.6 is 0 Å². The molecule has 0 aromatic heterocycles. The van der Waals surface area contributed by atoms with Gasteiger partial charge in [0.25, 0.3) is 0 Å². The third-order valence-corrected chi connectivity index (χ3v) is 6.84. The van der Waals surface area contributed by atoms with Crippen molar-refractivity contribution in [3.63, 3.8) is 0 Å². The Morgan fingerprint density at radius 3 is 2.21 bits per heavy atom. The Balaban J connectivity index is 1.66. The number of hydrogen-bond acceptors (Lipinski definition) is 4. The van der Waals surface area contributed by atoms with E-state index < -0.39 is 16.6 Å². The number of piperidine rings is 1. The fourth-order valence-electron chi connectivity index (χ4n) is 5.03. The molecule has 1 N–H and O–H groups in total. The highest BCUT2D eigenvalue weighted by Gasteiger charge is 2.57. The first kappa shape index (κ1) is 22.2. The van der Waals surface area contributed by atoms with Gasteiger partial charge in [-0.15, -0.1) is 0 Å². The molecule has 0 amide bonds. The Kier molecular flexibility index (Phi) is 6.13. The van der Waals surface area contributed by atoms with Crippen molar-refractivity contribution >= 4 is 5.97 Å². The summed E-state index contributed by atoms with van der Waals surface area (Å²) in [5, 5.41) is 10.9. The minimum absolute atomic E-state index is 0.192. The van der Waals surface area contributed by atoms with Gasteiger partial charge in [0.15, 0.2) is 0 Å². The summed E-state index contributed by atoms with van der Waals surface area (Å²) in [5.41, 5.74) is -1.35. The molecule has 0 spiro atoms. The highest BCUT2D eigenvalue weighted by molar-refractivity contribution is 5.79. The van der Waals surface area contributed by atoms with Crippen molar-refractivity contribution in [2.24, 2.45) is 5.41 Å². The molecular weight excluding hydrogens is 369 g/mol. The van der Waals surface area contributed by atoms with Crippen LogP contribution in [0, 0.1) is 11.2 Å². The predicted octanol–water partition coefficient (Wildman–Crippen LogP) is 4.66. The van der Waals surface area contributed by atoms with E-state index >= 15 is 0 Å². The van der Waals surface area contributed by atoms with E-state index in [4.69, 9.17) is 4.74 Å². The first-order valence-corrected chi connectivity index (χ1v) is 10.9. The molecule has 0 bridgehead atoms. The molecular formula is C24H36FNO3. The number of carbonyl (C=O) groups is 1. The summed E-state index contributed by atoms with van der Waals surface area (Å²) in [5.74, 6) is -0.0124. The molecule has 29 heavy (non-hydrogen) atoms. The van der Waals surface area contributed by atoms with E-state index in [0.717, 1.165) is 32.4 Å². The van der Waals surface area contributed by atoms with Gasteiger partial charge in [-0.05, 0) is 103 Å². The number of carbonyl (C=O) groups excluding carboxylic acids is 1. The van der Waals surface area contributed by atoms with Crippen LogP contribution in [0.15, 0.2) is 24.3 Å². The molecule has 2 aliphatic rings. The second kappa shape index (κ2) is 7.99. The summed E-state index contributed by atoms with van der Waals surface area (Å²) in [7, 11) is 0. The Labute approximate surface area is 174 Å². The number of aliphatic hydroxyl groups is 1. The van der Waals surface area contributed by atoms with E-state index in [0.29, 0.717) is 18.8 Å². The maximum Gasteiger partial charge on any atom is 0.315 e. The van der Waals surface area contributed by atoms with Crippen LogP contribution in [0.5, 0.6) is 0 Å². The van der Waals surface area contributed by atoms with Gasteiger partial charge >= 0.3 is 5.97 Å². The summed E-state index contributed by atoms with van der Waals surface area (Å²) >= 11 is 0. The molecule has 1 aromatic rings. The Morgan fingerprint density at radius 2 is 1.69 bits per heavy atom. The summed E-state index contributed by atoms with van der Waals surface area (Å²) in [6, 6.07) is 7.15.